The minimum Gasteiger partial charge on any atom is -0.385 e. The summed E-state index contributed by atoms with van der Waals surface area (Å²) in [6.07, 6.45) is -2.55. The molecule has 3 rings (SSSR count). The quantitative estimate of drug-likeness (QED) is 0.582. The number of likely N-dealkylation sites (tertiary alicyclic amines) is 1. The number of anilines is 1. The number of benzene rings is 1. The minimum absolute atomic E-state index is 0.116. The van der Waals surface area contributed by atoms with E-state index >= 15 is 0 Å². The van der Waals surface area contributed by atoms with Gasteiger partial charge in [-0.3, -0.25) is 4.79 Å². The van der Waals surface area contributed by atoms with Gasteiger partial charge in [0.15, 0.2) is 0 Å². The predicted octanol–water partition coefficient (Wildman–Crippen LogP) is 2.57. The molecule has 2 unspecified atom stereocenters. The number of methoxy groups -OCH3 is 1. The number of carbonyl (C=O) groups excluding carboxylic acids is 2. The Kier molecular flexibility index (Phi) is 8.25. The van der Waals surface area contributed by atoms with Crippen molar-refractivity contribution >= 4 is 17.6 Å². The molecule has 2 fully saturated rings. The molecule has 2 aliphatic heterocycles. The lowest BCUT2D eigenvalue weighted by molar-refractivity contribution is -0.137. The van der Waals surface area contributed by atoms with Crippen molar-refractivity contribution in [2.75, 3.05) is 51.3 Å². The van der Waals surface area contributed by atoms with Crippen LogP contribution in [-0.4, -0.2) is 63.3 Å². The van der Waals surface area contributed by atoms with E-state index < -0.39 is 29.1 Å². The maximum atomic E-state index is 13.4. The molecule has 34 heavy (non-hydrogen) atoms. The number of primary amides is 1. The monoisotopic (exact) mass is 481 g/mol. The van der Waals surface area contributed by atoms with E-state index in [0.717, 1.165) is 18.6 Å². The lowest BCUT2D eigenvalue weighted by Gasteiger charge is -2.36. The summed E-state index contributed by atoms with van der Waals surface area (Å²) in [4.78, 5) is 28.0. The van der Waals surface area contributed by atoms with E-state index in [-0.39, 0.29) is 24.4 Å². The van der Waals surface area contributed by atoms with Crippen LogP contribution >= 0.6 is 0 Å². The first-order valence-electron chi connectivity index (χ1n) is 11.3. The molecule has 0 bridgehead atoms. The number of alkyl halides is 3. The molecule has 0 spiro atoms. The number of carbonyl (C=O) groups is 2. The summed E-state index contributed by atoms with van der Waals surface area (Å²) in [5, 5.41) is 11.9. The van der Waals surface area contributed by atoms with Gasteiger partial charge in [-0.15, -0.1) is 0 Å². The van der Waals surface area contributed by atoms with E-state index in [4.69, 9.17) is 15.7 Å². The van der Waals surface area contributed by atoms with Crippen molar-refractivity contribution in [2.24, 2.45) is 23.5 Å². The summed E-state index contributed by atoms with van der Waals surface area (Å²) in [5.41, 5.74) is 4.55. The highest BCUT2D eigenvalue weighted by Gasteiger charge is 2.43. The molecule has 11 heteroatoms. The van der Waals surface area contributed by atoms with E-state index in [1.807, 2.05) is 0 Å². The van der Waals surface area contributed by atoms with Crippen molar-refractivity contribution < 1.29 is 27.5 Å². The maximum absolute atomic E-state index is 13.4. The first-order valence-corrected chi connectivity index (χ1v) is 11.3. The van der Waals surface area contributed by atoms with Gasteiger partial charge in [0.05, 0.1) is 23.1 Å². The van der Waals surface area contributed by atoms with Crippen molar-refractivity contribution in [3.63, 3.8) is 0 Å². The second kappa shape index (κ2) is 11.0. The first-order chi connectivity index (χ1) is 16.2. The molecule has 3 amide bonds. The Morgan fingerprint density at radius 3 is 2.56 bits per heavy atom. The number of nitrogens with one attached hydrogen (secondary N) is 1. The van der Waals surface area contributed by atoms with Crippen LogP contribution in [-0.2, 0) is 15.7 Å². The van der Waals surface area contributed by atoms with Gasteiger partial charge >= 0.3 is 12.2 Å². The second-order valence-corrected chi connectivity index (χ2v) is 8.82. The maximum Gasteiger partial charge on any atom is 0.417 e. The van der Waals surface area contributed by atoms with Crippen LogP contribution in [0.25, 0.3) is 0 Å². The van der Waals surface area contributed by atoms with Crippen LogP contribution in [0.2, 0.25) is 0 Å². The number of nitrogens with zero attached hydrogens (tertiary/aromatic N) is 3. The van der Waals surface area contributed by atoms with Gasteiger partial charge in [-0.05, 0) is 49.3 Å². The molecule has 0 saturated carbocycles. The van der Waals surface area contributed by atoms with Gasteiger partial charge in [-0.1, -0.05) is 0 Å². The van der Waals surface area contributed by atoms with Crippen LogP contribution in [0.1, 0.15) is 30.4 Å². The molecule has 0 radical (unpaired) electrons. The number of halogens is 3. The number of piperidine rings is 1. The Balaban J connectivity index is 1.66. The summed E-state index contributed by atoms with van der Waals surface area (Å²) in [5.74, 6) is -0.963. The van der Waals surface area contributed by atoms with Crippen molar-refractivity contribution in [3.8, 4) is 6.07 Å². The molecule has 1 aromatic rings. The number of urea groups is 1. The average molecular weight is 482 g/mol. The van der Waals surface area contributed by atoms with E-state index in [0.29, 0.717) is 51.3 Å². The minimum atomic E-state index is -4.65. The number of nitriles is 1. The molecule has 0 aromatic heterocycles. The van der Waals surface area contributed by atoms with Crippen LogP contribution in [0.15, 0.2) is 18.2 Å². The smallest absolute Gasteiger partial charge is 0.385 e. The highest BCUT2D eigenvalue weighted by molar-refractivity contribution is 5.79. The third-order valence-corrected chi connectivity index (χ3v) is 6.76. The normalized spacial score (nSPS) is 21.4. The third-order valence-electron chi connectivity index (χ3n) is 6.76. The number of hydrogen-bond donors (Lipinski definition) is 2. The summed E-state index contributed by atoms with van der Waals surface area (Å²) in [6.45, 7) is 2.79. The highest BCUT2D eigenvalue weighted by Crippen LogP contribution is 2.40. The summed E-state index contributed by atoms with van der Waals surface area (Å²) < 4.78 is 45.2. The zero-order valence-electron chi connectivity index (χ0n) is 19.1. The number of amides is 3. The third kappa shape index (κ3) is 5.91. The SMILES string of the molecule is COCCCNC(=O)N1CCC(C2CN(c3ccc(C#N)c(C(F)(F)F)c3)CC2C(N)=O)CC1. The van der Waals surface area contributed by atoms with Crippen LogP contribution in [0, 0.1) is 29.1 Å². The fraction of sp³-hybridized carbons (Fsp3) is 0.609. The number of rotatable bonds is 7. The van der Waals surface area contributed by atoms with Gasteiger partial charge in [0.25, 0.3) is 0 Å². The molecule has 8 nitrogen and oxygen atoms in total. The summed E-state index contributed by atoms with van der Waals surface area (Å²) in [6, 6.07) is 5.06. The van der Waals surface area contributed by atoms with Gasteiger partial charge in [0.1, 0.15) is 0 Å². The predicted molar refractivity (Wildman–Crippen MR) is 119 cm³/mol. The largest absolute Gasteiger partial charge is 0.417 e. The van der Waals surface area contributed by atoms with Gasteiger partial charge in [0.2, 0.25) is 5.91 Å². The standard InChI is InChI=1S/C23H30F3N5O3/c1-34-10-2-7-29-22(33)30-8-5-15(6-9-30)18-13-31(14-19(18)21(28)32)17-4-3-16(12-27)20(11-17)23(24,25)26/h3-4,11,15,18-19H,2,5-10,13-14H2,1H3,(H2,28,32)(H,29,33). The average Bonchev–Trinajstić information content (AvgIpc) is 3.27. The number of nitrogens with two attached hydrogens (primary N) is 1. The molecule has 2 atom stereocenters. The topological polar surface area (TPSA) is 112 Å². The fourth-order valence-corrected chi connectivity index (χ4v) is 4.93. The molecule has 1 aromatic carbocycles. The van der Waals surface area contributed by atoms with Crippen molar-refractivity contribution in [3.05, 3.63) is 29.3 Å². The van der Waals surface area contributed by atoms with Gasteiger partial charge in [-0.2, -0.15) is 18.4 Å². The Morgan fingerprint density at radius 1 is 1.26 bits per heavy atom. The molecular formula is C23H30F3N5O3. The van der Waals surface area contributed by atoms with Gasteiger partial charge in [-0.25, -0.2) is 4.79 Å². The van der Waals surface area contributed by atoms with Crippen LogP contribution in [0.4, 0.5) is 23.7 Å². The number of ether oxygens (including phenoxy) is 1. The Bertz CT molecular complexity index is 925. The fourth-order valence-electron chi connectivity index (χ4n) is 4.93. The van der Waals surface area contributed by atoms with Crippen LogP contribution in [0.3, 0.4) is 0 Å². The van der Waals surface area contributed by atoms with Crippen molar-refractivity contribution in [2.45, 2.75) is 25.4 Å². The van der Waals surface area contributed by atoms with Gasteiger partial charge in [0, 0.05) is 52.1 Å². The lowest BCUT2D eigenvalue weighted by Crippen LogP contribution is -2.46. The van der Waals surface area contributed by atoms with Crippen LogP contribution in [0.5, 0.6) is 0 Å². The van der Waals surface area contributed by atoms with Crippen molar-refractivity contribution in [1.82, 2.24) is 10.2 Å². The molecule has 186 valence electrons. The molecule has 2 saturated heterocycles. The van der Waals surface area contributed by atoms with E-state index in [1.54, 1.807) is 23.0 Å². The van der Waals surface area contributed by atoms with E-state index in [2.05, 4.69) is 5.32 Å². The number of hydrogen-bond acceptors (Lipinski definition) is 5. The first kappa shape index (κ1) is 25.6. The van der Waals surface area contributed by atoms with Gasteiger partial charge < -0.3 is 25.6 Å². The second-order valence-electron chi connectivity index (χ2n) is 8.82. The lowest BCUT2D eigenvalue weighted by atomic mass is 9.78. The molecule has 2 heterocycles. The molecule has 0 aliphatic carbocycles. The zero-order valence-corrected chi connectivity index (χ0v) is 19.1. The highest BCUT2D eigenvalue weighted by atomic mass is 19.4. The van der Waals surface area contributed by atoms with E-state index in [9.17, 15) is 22.8 Å². The zero-order chi connectivity index (χ0) is 24.9. The Hall–Kier alpha value is -3.00. The van der Waals surface area contributed by atoms with E-state index in [1.165, 1.54) is 6.07 Å². The van der Waals surface area contributed by atoms with Crippen LogP contribution < -0.4 is 16.0 Å². The molecule has 3 N–H and O–H groups in total. The Labute approximate surface area is 196 Å². The molecular weight excluding hydrogens is 451 g/mol. The summed E-state index contributed by atoms with van der Waals surface area (Å²) in [7, 11) is 1.60. The molecule has 2 aliphatic rings. The Morgan fingerprint density at radius 2 is 1.97 bits per heavy atom. The van der Waals surface area contributed by atoms with Crippen molar-refractivity contribution in [1.29, 1.82) is 5.26 Å². The summed E-state index contributed by atoms with van der Waals surface area (Å²) >= 11 is 0.